The predicted octanol–water partition coefficient (Wildman–Crippen LogP) is 1.40. The predicted molar refractivity (Wildman–Crippen MR) is 63.0 cm³/mol. The van der Waals surface area contributed by atoms with E-state index < -0.39 is 5.91 Å². The molecular formula is C11H13N3OS. The van der Waals surface area contributed by atoms with Gasteiger partial charge in [0.1, 0.15) is 11.1 Å². The molecule has 0 saturated heterocycles. The van der Waals surface area contributed by atoms with E-state index in [0.29, 0.717) is 10.6 Å². The second-order valence-electron chi connectivity index (χ2n) is 3.31. The SMILES string of the molecule is CCc1cc(C#N)c(SCC(N)=O)nc1C. The fourth-order valence-electron chi connectivity index (χ4n) is 1.31. The number of rotatable bonds is 4. The Bertz CT molecular complexity index is 451. The minimum Gasteiger partial charge on any atom is -0.369 e. The zero-order valence-corrected chi connectivity index (χ0v) is 10.1. The molecule has 1 heterocycles. The van der Waals surface area contributed by atoms with E-state index in [1.807, 2.05) is 19.9 Å². The molecule has 0 aliphatic rings. The standard InChI is InChI=1S/C11H13N3OS/c1-3-8-4-9(5-12)11(14-7(8)2)16-6-10(13)15/h4H,3,6H2,1-2H3,(H2,13,15). The molecule has 0 unspecified atom stereocenters. The number of pyridine rings is 1. The highest BCUT2D eigenvalue weighted by molar-refractivity contribution is 7.99. The Kier molecular flexibility index (Phi) is 4.32. The van der Waals surface area contributed by atoms with Crippen LogP contribution >= 0.6 is 11.8 Å². The second-order valence-corrected chi connectivity index (χ2v) is 4.27. The van der Waals surface area contributed by atoms with Crippen LogP contribution in [-0.4, -0.2) is 16.6 Å². The minimum atomic E-state index is -0.409. The number of nitrogens with two attached hydrogens (primary N) is 1. The van der Waals surface area contributed by atoms with Gasteiger partial charge in [0.25, 0.3) is 0 Å². The van der Waals surface area contributed by atoms with Crippen molar-refractivity contribution < 1.29 is 4.79 Å². The van der Waals surface area contributed by atoms with Gasteiger partial charge in [-0.15, -0.1) is 0 Å². The molecule has 0 fully saturated rings. The summed E-state index contributed by atoms with van der Waals surface area (Å²) in [6.07, 6.45) is 0.842. The van der Waals surface area contributed by atoms with Crippen molar-refractivity contribution in [3.8, 4) is 6.07 Å². The Labute approximate surface area is 98.9 Å². The van der Waals surface area contributed by atoms with E-state index in [-0.39, 0.29) is 5.75 Å². The van der Waals surface area contributed by atoms with Crippen molar-refractivity contribution in [3.05, 3.63) is 22.9 Å². The number of carbonyl (C=O) groups excluding carboxylic acids is 1. The average Bonchev–Trinajstić information content (AvgIpc) is 2.26. The Hall–Kier alpha value is -1.54. The maximum Gasteiger partial charge on any atom is 0.227 e. The number of nitrogens with zero attached hydrogens (tertiary/aromatic N) is 2. The van der Waals surface area contributed by atoms with Gasteiger partial charge in [0, 0.05) is 5.69 Å². The van der Waals surface area contributed by atoms with E-state index in [9.17, 15) is 4.79 Å². The van der Waals surface area contributed by atoms with Crippen LogP contribution in [0.3, 0.4) is 0 Å². The number of carbonyl (C=O) groups is 1. The van der Waals surface area contributed by atoms with Crippen LogP contribution in [-0.2, 0) is 11.2 Å². The first-order chi connectivity index (χ1) is 7.58. The summed E-state index contributed by atoms with van der Waals surface area (Å²) in [5, 5.41) is 9.55. The summed E-state index contributed by atoms with van der Waals surface area (Å²) >= 11 is 1.20. The maximum atomic E-state index is 10.7. The van der Waals surface area contributed by atoms with Crippen LogP contribution in [0.25, 0.3) is 0 Å². The van der Waals surface area contributed by atoms with Gasteiger partial charge in [-0.3, -0.25) is 4.79 Å². The lowest BCUT2D eigenvalue weighted by atomic mass is 10.1. The summed E-state index contributed by atoms with van der Waals surface area (Å²) in [5.74, 6) is -0.264. The molecule has 1 aromatic heterocycles. The molecule has 0 aliphatic carbocycles. The molecule has 4 nitrogen and oxygen atoms in total. The van der Waals surface area contributed by atoms with Crippen molar-refractivity contribution in [2.45, 2.75) is 25.3 Å². The monoisotopic (exact) mass is 235 g/mol. The molecule has 2 N–H and O–H groups in total. The summed E-state index contributed by atoms with van der Waals surface area (Å²) in [4.78, 5) is 15.0. The molecule has 0 aliphatic heterocycles. The highest BCUT2D eigenvalue weighted by Crippen LogP contribution is 2.22. The third kappa shape index (κ3) is 2.97. The van der Waals surface area contributed by atoms with E-state index in [1.165, 1.54) is 11.8 Å². The highest BCUT2D eigenvalue weighted by Gasteiger charge is 2.09. The average molecular weight is 235 g/mol. The van der Waals surface area contributed by atoms with Crippen LogP contribution in [0.4, 0.5) is 0 Å². The molecule has 1 rings (SSSR count). The van der Waals surface area contributed by atoms with Crippen LogP contribution in [0.15, 0.2) is 11.1 Å². The van der Waals surface area contributed by atoms with E-state index in [1.54, 1.807) is 0 Å². The molecule has 0 atom stereocenters. The lowest BCUT2D eigenvalue weighted by molar-refractivity contribution is -0.115. The van der Waals surface area contributed by atoms with E-state index >= 15 is 0 Å². The van der Waals surface area contributed by atoms with Crippen LogP contribution in [0.1, 0.15) is 23.7 Å². The van der Waals surface area contributed by atoms with Gasteiger partial charge < -0.3 is 5.73 Å². The Morgan fingerprint density at radius 2 is 2.38 bits per heavy atom. The van der Waals surface area contributed by atoms with Gasteiger partial charge in [0.15, 0.2) is 0 Å². The number of thioether (sulfide) groups is 1. The Morgan fingerprint density at radius 3 is 2.88 bits per heavy atom. The number of aromatic nitrogens is 1. The summed E-state index contributed by atoms with van der Waals surface area (Å²) in [5.41, 5.74) is 7.52. The lowest BCUT2D eigenvalue weighted by Gasteiger charge is -2.07. The lowest BCUT2D eigenvalue weighted by Crippen LogP contribution is -2.13. The van der Waals surface area contributed by atoms with Gasteiger partial charge in [-0.05, 0) is 25.0 Å². The van der Waals surface area contributed by atoms with Crippen LogP contribution < -0.4 is 5.73 Å². The van der Waals surface area contributed by atoms with E-state index in [2.05, 4.69) is 11.1 Å². The summed E-state index contributed by atoms with van der Waals surface area (Å²) in [7, 11) is 0. The van der Waals surface area contributed by atoms with Crippen LogP contribution in [0, 0.1) is 18.3 Å². The first-order valence-corrected chi connectivity index (χ1v) is 5.88. The highest BCUT2D eigenvalue weighted by atomic mass is 32.2. The topological polar surface area (TPSA) is 79.8 Å². The Morgan fingerprint density at radius 1 is 1.69 bits per heavy atom. The van der Waals surface area contributed by atoms with E-state index in [4.69, 9.17) is 11.0 Å². The molecule has 1 amide bonds. The fraction of sp³-hybridized carbons (Fsp3) is 0.364. The molecule has 0 bridgehead atoms. The number of hydrogen-bond donors (Lipinski definition) is 1. The first-order valence-electron chi connectivity index (χ1n) is 4.90. The first kappa shape index (κ1) is 12.5. The molecule has 16 heavy (non-hydrogen) atoms. The van der Waals surface area contributed by atoms with Gasteiger partial charge in [-0.1, -0.05) is 18.7 Å². The molecule has 0 saturated carbocycles. The zero-order valence-electron chi connectivity index (χ0n) is 9.28. The summed E-state index contributed by atoms with van der Waals surface area (Å²) in [6.45, 7) is 3.91. The Balaban J connectivity index is 3.04. The molecule has 1 aromatic rings. The number of amides is 1. The molecule has 0 radical (unpaired) electrons. The van der Waals surface area contributed by atoms with Crippen molar-refractivity contribution in [3.63, 3.8) is 0 Å². The number of primary amides is 1. The maximum absolute atomic E-state index is 10.7. The fourth-order valence-corrected chi connectivity index (χ4v) is 2.05. The molecule has 84 valence electrons. The molecule has 5 heteroatoms. The van der Waals surface area contributed by atoms with Crippen molar-refractivity contribution in [1.82, 2.24) is 4.98 Å². The molecular weight excluding hydrogens is 222 g/mol. The van der Waals surface area contributed by atoms with Crippen molar-refractivity contribution >= 4 is 17.7 Å². The minimum absolute atomic E-state index is 0.145. The van der Waals surface area contributed by atoms with Crippen molar-refractivity contribution in [1.29, 1.82) is 5.26 Å². The third-order valence-electron chi connectivity index (χ3n) is 2.14. The van der Waals surface area contributed by atoms with Gasteiger partial charge in [0.2, 0.25) is 5.91 Å². The number of aryl methyl sites for hydroxylation is 2. The summed E-state index contributed by atoms with van der Waals surface area (Å²) < 4.78 is 0. The van der Waals surface area contributed by atoms with Gasteiger partial charge in [0.05, 0.1) is 11.3 Å². The smallest absolute Gasteiger partial charge is 0.227 e. The second kappa shape index (κ2) is 5.52. The van der Waals surface area contributed by atoms with Gasteiger partial charge in [-0.2, -0.15) is 5.26 Å². The van der Waals surface area contributed by atoms with Gasteiger partial charge >= 0.3 is 0 Å². The molecule has 0 spiro atoms. The van der Waals surface area contributed by atoms with Crippen molar-refractivity contribution in [2.24, 2.45) is 5.73 Å². The van der Waals surface area contributed by atoms with Crippen LogP contribution in [0.5, 0.6) is 0 Å². The van der Waals surface area contributed by atoms with Crippen LogP contribution in [0.2, 0.25) is 0 Å². The summed E-state index contributed by atoms with van der Waals surface area (Å²) in [6, 6.07) is 3.91. The zero-order chi connectivity index (χ0) is 12.1. The van der Waals surface area contributed by atoms with Crippen molar-refractivity contribution in [2.75, 3.05) is 5.75 Å². The number of hydrogen-bond acceptors (Lipinski definition) is 4. The van der Waals surface area contributed by atoms with E-state index in [0.717, 1.165) is 17.7 Å². The number of nitriles is 1. The normalized spacial score (nSPS) is 9.81. The van der Waals surface area contributed by atoms with Gasteiger partial charge in [-0.25, -0.2) is 4.98 Å². The molecule has 0 aromatic carbocycles. The quantitative estimate of drug-likeness (QED) is 0.800. The third-order valence-corrected chi connectivity index (χ3v) is 3.15. The largest absolute Gasteiger partial charge is 0.369 e.